The van der Waals surface area contributed by atoms with Gasteiger partial charge in [0.15, 0.2) is 17.3 Å². The van der Waals surface area contributed by atoms with E-state index in [9.17, 15) is 14.0 Å². The molecule has 0 amide bonds. The maximum Gasteiger partial charge on any atom is 0.379 e. The van der Waals surface area contributed by atoms with Crippen molar-refractivity contribution in [3.05, 3.63) is 23.5 Å². The first-order chi connectivity index (χ1) is 9.15. The van der Waals surface area contributed by atoms with E-state index in [0.717, 1.165) is 0 Å². The Bertz CT molecular complexity index is 512. The van der Waals surface area contributed by atoms with E-state index in [0.29, 0.717) is 19.6 Å². The minimum Gasteiger partial charge on any atom is -0.489 e. The fourth-order valence-corrected chi connectivity index (χ4v) is 1.68. The second kappa shape index (κ2) is 5.69. The molecule has 102 valence electrons. The maximum atomic E-state index is 14.2. The Morgan fingerprint density at radius 1 is 1.32 bits per heavy atom. The molecule has 0 saturated carbocycles. The number of Topliss-reactive ketones (excluding diaryl/α,β-unsaturated/α-hetero) is 1. The normalized spacial score (nSPS) is 13.6. The number of ether oxygens (including phenoxy) is 3. The van der Waals surface area contributed by atoms with Crippen molar-refractivity contribution in [2.24, 2.45) is 0 Å². The molecule has 19 heavy (non-hydrogen) atoms. The number of hydrogen-bond acceptors (Lipinski definition) is 5. The molecule has 0 saturated heterocycles. The Balaban J connectivity index is 2.35. The lowest BCUT2D eigenvalue weighted by molar-refractivity contribution is -0.137. The first-order valence-electron chi connectivity index (χ1n) is 5.94. The first kappa shape index (κ1) is 13.3. The summed E-state index contributed by atoms with van der Waals surface area (Å²) in [6, 6.07) is 2.61. The van der Waals surface area contributed by atoms with Gasteiger partial charge in [-0.3, -0.25) is 4.79 Å². The van der Waals surface area contributed by atoms with E-state index >= 15 is 0 Å². The van der Waals surface area contributed by atoms with Gasteiger partial charge in [0.2, 0.25) is 0 Å². The number of halogens is 1. The van der Waals surface area contributed by atoms with Crippen molar-refractivity contribution >= 4 is 11.8 Å². The SMILES string of the molecule is CCOC(=O)C(=O)c1ccc2c(c1F)OCCCO2. The zero-order chi connectivity index (χ0) is 13.8. The molecular formula is C13H13FO5. The van der Waals surface area contributed by atoms with Crippen LogP contribution in [0.5, 0.6) is 11.5 Å². The Labute approximate surface area is 109 Å². The molecule has 0 radical (unpaired) electrons. The van der Waals surface area contributed by atoms with E-state index in [1.54, 1.807) is 6.92 Å². The predicted molar refractivity (Wildman–Crippen MR) is 63.0 cm³/mol. The molecule has 0 aromatic heterocycles. The average Bonchev–Trinajstić information content (AvgIpc) is 2.64. The maximum absolute atomic E-state index is 14.2. The van der Waals surface area contributed by atoms with E-state index in [1.807, 2.05) is 0 Å². The summed E-state index contributed by atoms with van der Waals surface area (Å²) in [5.41, 5.74) is -0.372. The van der Waals surface area contributed by atoms with Crippen LogP contribution in [-0.2, 0) is 9.53 Å². The lowest BCUT2D eigenvalue weighted by atomic mass is 10.1. The Morgan fingerprint density at radius 2 is 2.05 bits per heavy atom. The van der Waals surface area contributed by atoms with E-state index in [1.165, 1.54) is 12.1 Å². The predicted octanol–water partition coefficient (Wildman–Crippen LogP) is 1.73. The second-order valence-electron chi connectivity index (χ2n) is 3.85. The lowest BCUT2D eigenvalue weighted by Gasteiger charge is -2.10. The molecule has 1 aliphatic heterocycles. The molecule has 2 rings (SSSR count). The molecule has 0 atom stereocenters. The lowest BCUT2D eigenvalue weighted by Crippen LogP contribution is -2.19. The molecule has 0 fully saturated rings. The van der Waals surface area contributed by atoms with Crippen LogP contribution in [0.4, 0.5) is 4.39 Å². The van der Waals surface area contributed by atoms with Crippen LogP contribution in [0, 0.1) is 5.82 Å². The molecule has 0 spiro atoms. The highest BCUT2D eigenvalue weighted by molar-refractivity contribution is 6.40. The van der Waals surface area contributed by atoms with Crippen LogP contribution in [0.25, 0.3) is 0 Å². The van der Waals surface area contributed by atoms with E-state index in [4.69, 9.17) is 9.47 Å². The number of esters is 1. The molecule has 1 heterocycles. The summed E-state index contributed by atoms with van der Waals surface area (Å²) >= 11 is 0. The van der Waals surface area contributed by atoms with Crippen molar-refractivity contribution in [1.82, 2.24) is 0 Å². The van der Waals surface area contributed by atoms with Gasteiger partial charge >= 0.3 is 5.97 Å². The van der Waals surface area contributed by atoms with Gasteiger partial charge in [-0.2, -0.15) is 0 Å². The van der Waals surface area contributed by atoms with Crippen molar-refractivity contribution in [3.63, 3.8) is 0 Å². The summed E-state index contributed by atoms with van der Waals surface area (Å²) in [7, 11) is 0. The standard InChI is InChI=1S/C13H13FO5/c1-2-17-13(16)11(15)8-4-5-9-12(10(8)14)19-7-3-6-18-9/h4-5H,2-3,6-7H2,1H3. The zero-order valence-corrected chi connectivity index (χ0v) is 10.4. The Kier molecular flexibility index (Phi) is 3.99. The minimum absolute atomic E-state index is 0.0523. The number of hydrogen-bond donors (Lipinski definition) is 0. The van der Waals surface area contributed by atoms with E-state index in [-0.39, 0.29) is 23.7 Å². The van der Waals surface area contributed by atoms with Gasteiger partial charge in [0.05, 0.1) is 25.4 Å². The van der Waals surface area contributed by atoms with Crippen LogP contribution >= 0.6 is 0 Å². The number of carbonyl (C=O) groups excluding carboxylic acids is 2. The molecule has 0 unspecified atom stereocenters. The van der Waals surface area contributed by atoms with Crippen LogP contribution in [0.1, 0.15) is 23.7 Å². The van der Waals surface area contributed by atoms with Gasteiger partial charge in [-0.05, 0) is 19.1 Å². The smallest absolute Gasteiger partial charge is 0.379 e. The average molecular weight is 268 g/mol. The monoisotopic (exact) mass is 268 g/mol. The van der Waals surface area contributed by atoms with Gasteiger partial charge in [0.1, 0.15) is 0 Å². The number of benzene rings is 1. The largest absolute Gasteiger partial charge is 0.489 e. The number of ketones is 1. The highest BCUT2D eigenvalue weighted by atomic mass is 19.1. The fourth-order valence-electron chi connectivity index (χ4n) is 1.68. The van der Waals surface area contributed by atoms with Gasteiger partial charge in [-0.25, -0.2) is 9.18 Å². The molecule has 1 aromatic rings. The highest BCUT2D eigenvalue weighted by Gasteiger charge is 2.26. The quantitative estimate of drug-likeness (QED) is 0.474. The van der Waals surface area contributed by atoms with Crippen LogP contribution < -0.4 is 9.47 Å². The topological polar surface area (TPSA) is 61.8 Å². The van der Waals surface area contributed by atoms with Crippen molar-refractivity contribution < 1.29 is 28.2 Å². The van der Waals surface area contributed by atoms with Crippen molar-refractivity contribution in [2.75, 3.05) is 19.8 Å². The fraction of sp³-hybridized carbons (Fsp3) is 0.385. The molecular weight excluding hydrogens is 255 g/mol. The van der Waals surface area contributed by atoms with Crippen LogP contribution in [-0.4, -0.2) is 31.6 Å². The molecule has 0 aliphatic carbocycles. The van der Waals surface area contributed by atoms with Crippen molar-refractivity contribution in [2.45, 2.75) is 13.3 Å². The van der Waals surface area contributed by atoms with Crippen LogP contribution in [0.2, 0.25) is 0 Å². The number of fused-ring (bicyclic) bond motifs is 1. The van der Waals surface area contributed by atoms with E-state index < -0.39 is 17.6 Å². The third-order valence-corrected chi connectivity index (χ3v) is 2.56. The molecule has 6 heteroatoms. The summed E-state index contributed by atoms with van der Waals surface area (Å²) in [4.78, 5) is 23.0. The van der Waals surface area contributed by atoms with Gasteiger partial charge < -0.3 is 14.2 Å². The van der Waals surface area contributed by atoms with Crippen molar-refractivity contribution in [3.8, 4) is 11.5 Å². The molecule has 0 N–H and O–H groups in total. The summed E-state index contributed by atoms with van der Waals surface area (Å²) in [6.45, 7) is 2.32. The van der Waals surface area contributed by atoms with Gasteiger partial charge in [-0.15, -0.1) is 0 Å². The Morgan fingerprint density at radius 3 is 2.79 bits per heavy atom. The summed E-state index contributed by atoms with van der Waals surface area (Å²) in [6.07, 6.45) is 0.620. The highest BCUT2D eigenvalue weighted by Crippen LogP contribution is 2.34. The summed E-state index contributed by atoms with van der Waals surface area (Å²) < 4.78 is 29.2. The van der Waals surface area contributed by atoms with Gasteiger partial charge in [-0.1, -0.05) is 0 Å². The number of rotatable bonds is 3. The molecule has 1 aromatic carbocycles. The summed E-state index contributed by atoms with van der Waals surface area (Å²) in [5, 5.41) is 0. The third-order valence-electron chi connectivity index (χ3n) is 2.56. The van der Waals surface area contributed by atoms with Gasteiger partial charge in [0.25, 0.3) is 5.78 Å². The Hall–Kier alpha value is -2.11. The summed E-state index contributed by atoms with van der Waals surface area (Å²) in [5.74, 6) is -2.91. The van der Waals surface area contributed by atoms with Crippen molar-refractivity contribution in [1.29, 1.82) is 0 Å². The van der Waals surface area contributed by atoms with Crippen LogP contribution in [0.15, 0.2) is 12.1 Å². The third kappa shape index (κ3) is 2.67. The molecule has 1 aliphatic rings. The molecule has 0 bridgehead atoms. The second-order valence-corrected chi connectivity index (χ2v) is 3.85. The van der Waals surface area contributed by atoms with E-state index in [2.05, 4.69) is 4.74 Å². The number of carbonyl (C=O) groups is 2. The first-order valence-corrected chi connectivity index (χ1v) is 5.94. The zero-order valence-electron chi connectivity index (χ0n) is 10.4. The molecule has 5 nitrogen and oxygen atoms in total. The van der Waals surface area contributed by atoms with Gasteiger partial charge in [0, 0.05) is 6.42 Å². The minimum atomic E-state index is -1.09. The van der Waals surface area contributed by atoms with Crippen LogP contribution in [0.3, 0.4) is 0 Å².